The van der Waals surface area contributed by atoms with E-state index in [4.69, 9.17) is 17.0 Å². The second kappa shape index (κ2) is 11.0. The molecule has 0 aliphatic carbocycles. The molecular formula is C22H25N3O3S. The Balaban J connectivity index is 1.92. The molecule has 0 bridgehead atoms. The van der Waals surface area contributed by atoms with Gasteiger partial charge in [0.2, 0.25) is 5.91 Å². The maximum absolute atomic E-state index is 12.3. The maximum Gasteiger partial charge on any atom is 0.253 e. The van der Waals surface area contributed by atoms with Gasteiger partial charge in [0.25, 0.3) is 5.91 Å². The molecule has 2 rings (SSSR count). The van der Waals surface area contributed by atoms with Crippen molar-refractivity contribution in [3.8, 4) is 5.75 Å². The van der Waals surface area contributed by atoms with Crippen molar-refractivity contribution >= 4 is 40.9 Å². The Bertz CT molecular complexity index is 890. The first-order valence-corrected chi connectivity index (χ1v) is 9.71. The summed E-state index contributed by atoms with van der Waals surface area (Å²) in [5, 5.41) is 5.69. The van der Waals surface area contributed by atoms with Crippen LogP contribution in [-0.4, -0.2) is 42.0 Å². The molecule has 152 valence electrons. The summed E-state index contributed by atoms with van der Waals surface area (Å²) >= 11 is 5.18. The van der Waals surface area contributed by atoms with E-state index in [1.165, 1.54) is 6.08 Å². The number of amides is 2. The van der Waals surface area contributed by atoms with Gasteiger partial charge in [-0.05, 0) is 62.5 Å². The highest BCUT2D eigenvalue weighted by atomic mass is 32.1. The number of ether oxygens (including phenoxy) is 1. The van der Waals surface area contributed by atoms with Crippen LogP contribution < -0.4 is 15.4 Å². The second-order valence-corrected chi connectivity index (χ2v) is 6.48. The lowest BCUT2D eigenvalue weighted by Crippen LogP contribution is -2.33. The summed E-state index contributed by atoms with van der Waals surface area (Å²) in [7, 11) is 1.58. The van der Waals surface area contributed by atoms with Gasteiger partial charge < -0.3 is 15.0 Å². The van der Waals surface area contributed by atoms with Crippen LogP contribution in [0.4, 0.5) is 5.69 Å². The highest BCUT2D eigenvalue weighted by Gasteiger charge is 2.12. The maximum atomic E-state index is 12.3. The zero-order valence-corrected chi connectivity index (χ0v) is 17.6. The zero-order chi connectivity index (χ0) is 21.2. The fraction of sp³-hybridized carbons (Fsp3) is 0.227. The van der Waals surface area contributed by atoms with Crippen molar-refractivity contribution in [2.45, 2.75) is 13.8 Å². The van der Waals surface area contributed by atoms with E-state index in [9.17, 15) is 9.59 Å². The van der Waals surface area contributed by atoms with E-state index < -0.39 is 0 Å². The van der Waals surface area contributed by atoms with Crippen LogP contribution in [0, 0.1) is 0 Å². The van der Waals surface area contributed by atoms with E-state index in [-0.39, 0.29) is 16.9 Å². The molecule has 0 saturated heterocycles. The molecule has 0 aromatic heterocycles. The Morgan fingerprint density at radius 1 is 1.07 bits per heavy atom. The Morgan fingerprint density at radius 3 is 2.34 bits per heavy atom. The quantitative estimate of drug-likeness (QED) is 0.537. The molecule has 0 aliphatic rings. The van der Waals surface area contributed by atoms with Crippen molar-refractivity contribution in [1.82, 2.24) is 10.2 Å². The third-order valence-electron chi connectivity index (χ3n) is 4.23. The minimum atomic E-state index is -0.360. The lowest BCUT2D eigenvalue weighted by atomic mass is 10.2. The molecular weight excluding hydrogens is 386 g/mol. The summed E-state index contributed by atoms with van der Waals surface area (Å²) in [6, 6.07) is 14.3. The molecule has 2 N–H and O–H groups in total. The number of rotatable bonds is 7. The van der Waals surface area contributed by atoms with Crippen LogP contribution in [0.5, 0.6) is 5.75 Å². The van der Waals surface area contributed by atoms with Gasteiger partial charge in [0.1, 0.15) is 5.75 Å². The van der Waals surface area contributed by atoms with E-state index in [0.717, 1.165) is 5.56 Å². The molecule has 0 heterocycles. The average molecular weight is 412 g/mol. The molecule has 6 nitrogen and oxygen atoms in total. The van der Waals surface area contributed by atoms with Crippen LogP contribution in [0.15, 0.2) is 54.6 Å². The summed E-state index contributed by atoms with van der Waals surface area (Å²) in [6.45, 7) is 5.21. The predicted octanol–water partition coefficient (Wildman–Crippen LogP) is 3.70. The van der Waals surface area contributed by atoms with E-state index >= 15 is 0 Å². The molecule has 7 heteroatoms. The number of para-hydroxylation sites is 1. The van der Waals surface area contributed by atoms with Crippen LogP contribution >= 0.6 is 12.2 Å². The summed E-state index contributed by atoms with van der Waals surface area (Å²) in [4.78, 5) is 26.2. The van der Waals surface area contributed by atoms with Crippen molar-refractivity contribution in [1.29, 1.82) is 0 Å². The van der Waals surface area contributed by atoms with Gasteiger partial charge in [0, 0.05) is 36.0 Å². The number of thiocarbonyl (C=S) groups is 1. The number of hydrogen-bond donors (Lipinski definition) is 2. The molecule has 29 heavy (non-hydrogen) atoms. The molecule has 0 unspecified atom stereocenters. The van der Waals surface area contributed by atoms with E-state index in [1.54, 1.807) is 42.4 Å². The van der Waals surface area contributed by atoms with Gasteiger partial charge in [0.05, 0.1) is 7.11 Å². The van der Waals surface area contributed by atoms with Crippen LogP contribution in [0.1, 0.15) is 29.8 Å². The molecule has 0 aliphatic heterocycles. The van der Waals surface area contributed by atoms with Crippen molar-refractivity contribution in [3.63, 3.8) is 0 Å². The Hall–Kier alpha value is -3.19. The van der Waals surface area contributed by atoms with Crippen molar-refractivity contribution < 1.29 is 14.3 Å². The van der Waals surface area contributed by atoms with Gasteiger partial charge in [-0.1, -0.05) is 18.2 Å². The van der Waals surface area contributed by atoms with Gasteiger partial charge in [0.15, 0.2) is 5.11 Å². The number of nitrogens with one attached hydrogen (secondary N) is 2. The standard InChI is InChI=1S/C22H25N3O3S/c1-4-25(5-2)21(27)17-10-13-18(14-11-17)23-22(29)24-20(26)15-12-16-8-6-7-9-19(16)28-3/h6-15H,4-5H2,1-3H3,(H2,23,24,26,29)/b15-12+. The Labute approximate surface area is 176 Å². The fourth-order valence-corrected chi connectivity index (χ4v) is 2.89. The summed E-state index contributed by atoms with van der Waals surface area (Å²) in [5.74, 6) is 0.303. The number of anilines is 1. The lowest BCUT2D eigenvalue weighted by molar-refractivity contribution is -0.115. The first-order valence-electron chi connectivity index (χ1n) is 9.30. The fourth-order valence-electron chi connectivity index (χ4n) is 2.68. The number of benzene rings is 2. The summed E-state index contributed by atoms with van der Waals surface area (Å²) in [5.41, 5.74) is 2.08. The van der Waals surface area contributed by atoms with E-state index in [0.29, 0.717) is 30.1 Å². The van der Waals surface area contributed by atoms with Gasteiger partial charge in [-0.2, -0.15) is 0 Å². The Morgan fingerprint density at radius 2 is 1.72 bits per heavy atom. The third kappa shape index (κ3) is 6.43. The van der Waals surface area contributed by atoms with Crippen molar-refractivity contribution in [2.24, 2.45) is 0 Å². The van der Waals surface area contributed by atoms with Gasteiger partial charge >= 0.3 is 0 Å². The second-order valence-electron chi connectivity index (χ2n) is 6.07. The Kier molecular flexibility index (Phi) is 8.36. The molecule has 0 fully saturated rings. The van der Waals surface area contributed by atoms with Gasteiger partial charge in [-0.15, -0.1) is 0 Å². The topological polar surface area (TPSA) is 70.7 Å². The molecule has 2 aromatic carbocycles. The average Bonchev–Trinajstić information content (AvgIpc) is 2.73. The summed E-state index contributed by atoms with van der Waals surface area (Å²) < 4.78 is 5.25. The molecule has 0 atom stereocenters. The molecule has 2 amide bonds. The number of carbonyl (C=O) groups excluding carboxylic acids is 2. The highest BCUT2D eigenvalue weighted by Crippen LogP contribution is 2.18. The predicted molar refractivity (Wildman–Crippen MR) is 120 cm³/mol. The van der Waals surface area contributed by atoms with Crippen LogP contribution in [0.3, 0.4) is 0 Å². The van der Waals surface area contributed by atoms with E-state index in [1.807, 2.05) is 38.1 Å². The number of methoxy groups -OCH3 is 1. The van der Waals surface area contributed by atoms with Crippen LogP contribution in [-0.2, 0) is 4.79 Å². The summed E-state index contributed by atoms with van der Waals surface area (Å²) in [6.07, 6.45) is 3.04. The zero-order valence-electron chi connectivity index (χ0n) is 16.8. The lowest BCUT2D eigenvalue weighted by Gasteiger charge is -2.18. The van der Waals surface area contributed by atoms with Crippen LogP contribution in [0.2, 0.25) is 0 Å². The minimum absolute atomic E-state index is 0.0149. The molecule has 0 spiro atoms. The first-order chi connectivity index (χ1) is 14.0. The number of nitrogens with zero attached hydrogens (tertiary/aromatic N) is 1. The first kappa shape index (κ1) is 22.1. The third-order valence-corrected chi connectivity index (χ3v) is 4.43. The van der Waals surface area contributed by atoms with Crippen LogP contribution in [0.25, 0.3) is 6.08 Å². The largest absolute Gasteiger partial charge is 0.496 e. The SMILES string of the molecule is CCN(CC)C(=O)c1ccc(NC(=S)NC(=O)/C=C/c2ccccc2OC)cc1. The minimum Gasteiger partial charge on any atom is -0.496 e. The number of hydrogen-bond acceptors (Lipinski definition) is 4. The molecule has 0 saturated carbocycles. The highest BCUT2D eigenvalue weighted by molar-refractivity contribution is 7.80. The normalized spacial score (nSPS) is 10.4. The monoisotopic (exact) mass is 411 g/mol. The van der Waals surface area contributed by atoms with Gasteiger partial charge in [-0.3, -0.25) is 14.9 Å². The van der Waals surface area contributed by atoms with Crippen molar-refractivity contribution in [3.05, 3.63) is 65.7 Å². The smallest absolute Gasteiger partial charge is 0.253 e. The van der Waals surface area contributed by atoms with E-state index in [2.05, 4.69) is 10.6 Å². The van der Waals surface area contributed by atoms with Crippen molar-refractivity contribution in [2.75, 3.05) is 25.5 Å². The molecule has 2 aromatic rings. The molecule has 0 radical (unpaired) electrons. The number of carbonyl (C=O) groups is 2. The van der Waals surface area contributed by atoms with Gasteiger partial charge in [-0.25, -0.2) is 0 Å².